The van der Waals surface area contributed by atoms with Gasteiger partial charge in [0.05, 0.1) is 13.3 Å². The number of nitrogens with one attached hydrogen (secondary N) is 2. The second-order valence-corrected chi connectivity index (χ2v) is 5.67. The van der Waals surface area contributed by atoms with Crippen LogP contribution in [0.4, 0.5) is 23.1 Å². The van der Waals surface area contributed by atoms with Gasteiger partial charge in [-0.3, -0.25) is 0 Å². The van der Waals surface area contributed by atoms with E-state index in [1.807, 2.05) is 24.3 Å². The van der Waals surface area contributed by atoms with Crippen LogP contribution >= 0.6 is 23.2 Å². The summed E-state index contributed by atoms with van der Waals surface area (Å²) in [6.07, 6.45) is 1.53. The van der Waals surface area contributed by atoms with Crippen molar-refractivity contribution in [1.82, 2.24) is 15.2 Å². The Morgan fingerprint density at radius 3 is 2.29 bits per heavy atom. The van der Waals surface area contributed by atoms with Gasteiger partial charge in [0.2, 0.25) is 5.95 Å². The van der Waals surface area contributed by atoms with Crippen molar-refractivity contribution in [2.45, 2.75) is 0 Å². The summed E-state index contributed by atoms with van der Waals surface area (Å²) < 4.78 is 5.13. The lowest BCUT2D eigenvalue weighted by atomic mass is 10.3. The Morgan fingerprint density at radius 2 is 1.62 bits per heavy atom. The summed E-state index contributed by atoms with van der Waals surface area (Å²) in [7, 11) is 1.62. The van der Waals surface area contributed by atoms with Crippen LogP contribution < -0.4 is 15.4 Å². The molecule has 0 saturated heterocycles. The van der Waals surface area contributed by atoms with Crippen LogP contribution in [0.15, 0.2) is 48.7 Å². The van der Waals surface area contributed by atoms with E-state index in [1.165, 1.54) is 6.20 Å². The van der Waals surface area contributed by atoms with Crippen LogP contribution in [-0.2, 0) is 0 Å². The first-order valence-electron chi connectivity index (χ1n) is 6.96. The van der Waals surface area contributed by atoms with E-state index in [2.05, 4.69) is 25.8 Å². The molecule has 0 unspecified atom stereocenters. The van der Waals surface area contributed by atoms with Crippen LogP contribution in [0.5, 0.6) is 5.75 Å². The summed E-state index contributed by atoms with van der Waals surface area (Å²) in [5, 5.41) is 15.1. The number of benzene rings is 2. The molecule has 24 heavy (non-hydrogen) atoms. The van der Waals surface area contributed by atoms with Crippen molar-refractivity contribution < 1.29 is 4.74 Å². The molecule has 0 saturated carbocycles. The van der Waals surface area contributed by atoms with Gasteiger partial charge in [0.15, 0.2) is 5.82 Å². The Balaban J connectivity index is 1.75. The second-order valence-electron chi connectivity index (χ2n) is 4.80. The van der Waals surface area contributed by atoms with E-state index in [0.29, 0.717) is 27.5 Å². The third-order valence-corrected chi connectivity index (χ3v) is 3.48. The average Bonchev–Trinajstić information content (AvgIpc) is 2.55. The fourth-order valence-corrected chi connectivity index (χ4v) is 2.52. The molecule has 2 N–H and O–H groups in total. The number of halogens is 2. The Hall–Kier alpha value is -2.57. The summed E-state index contributed by atoms with van der Waals surface area (Å²) >= 11 is 12.0. The van der Waals surface area contributed by atoms with Crippen LogP contribution in [0.2, 0.25) is 10.0 Å². The van der Waals surface area contributed by atoms with E-state index in [9.17, 15) is 0 Å². The predicted molar refractivity (Wildman–Crippen MR) is 95.8 cm³/mol. The van der Waals surface area contributed by atoms with Crippen LogP contribution in [0.3, 0.4) is 0 Å². The molecule has 3 rings (SSSR count). The largest absolute Gasteiger partial charge is 0.497 e. The first-order chi connectivity index (χ1) is 11.6. The molecule has 2 aromatic carbocycles. The zero-order valence-corrected chi connectivity index (χ0v) is 14.1. The lowest BCUT2D eigenvalue weighted by molar-refractivity contribution is 0.415. The molecular weight excluding hydrogens is 349 g/mol. The van der Waals surface area contributed by atoms with E-state index in [-0.39, 0.29) is 0 Å². The van der Waals surface area contributed by atoms with Crippen LogP contribution in [0, 0.1) is 0 Å². The number of rotatable bonds is 5. The molecule has 0 atom stereocenters. The maximum Gasteiger partial charge on any atom is 0.249 e. The minimum Gasteiger partial charge on any atom is -0.497 e. The Bertz CT molecular complexity index is 822. The monoisotopic (exact) mass is 361 g/mol. The third kappa shape index (κ3) is 4.24. The third-order valence-electron chi connectivity index (χ3n) is 3.04. The smallest absolute Gasteiger partial charge is 0.249 e. The van der Waals surface area contributed by atoms with Crippen molar-refractivity contribution in [1.29, 1.82) is 0 Å². The molecule has 0 aliphatic carbocycles. The number of anilines is 4. The van der Waals surface area contributed by atoms with Gasteiger partial charge in [-0.25, -0.2) is 0 Å². The van der Waals surface area contributed by atoms with Crippen LogP contribution in [0.1, 0.15) is 0 Å². The SMILES string of the molecule is COc1ccc(Nc2cnnc(Nc3cc(Cl)cc(Cl)c3)n2)cc1. The van der Waals surface area contributed by atoms with E-state index in [1.54, 1.807) is 25.3 Å². The number of methoxy groups -OCH3 is 1. The molecule has 1 heterocycles. The molecule has 3 aromatic rings. The Kier molecular flexibility index (Phi) is 4.98. The highest BCUT2D eigenvalue weighted by Gasteiger charge is 2.04. The summed E-state index contributed by atoms with van der Waals surface area (Å²) in [6.45, 7) is 0. The maximum absolute atomic E-state index is 5.98. The highest BCUT2D eigenvalue weighted by Crippen LogP contribution is 2.24. The highest BCUT2D eigenvalue weighted by atomic mass is 35.5. The minimum atomic E-state index is 0.326. The fourth-order valence-electron chi connectivity index (χ4n) is 1.99. The van der Waals surface area contributed by atoms with Gasteiger partial charge < -0.3 is 15.4 Å². The topological polar surface area (TPSA) is 72.0 Å². The van der Waals surface area contributed by atoms with Crippen molar-refractivity contribution >= 4 is 46.3 Å². The zero-order chi connectivity index (χ0) is 16.9. The second kappa shape index (κ2) is 7.33. The zero-order valence-electron chi connectivity index (χ0n) is 12.6. The van der Waals surface area contributed by atoms with Crippen molar-refractivity contribution in [2.24, 2.45) is 0 Å². The highest BCUT2D eigenvalue weighted by molar-refractivity contribution is 6.35. The van der Waals surface area contributed by atoms with Crippen molar-refractivity contribution in [3.63, 3.8) is 0 Å². The van der Waals surface area contributed by atoms with Crippen LogP contribution in [0.25, 0.3) is 0 Å². The molecular formula is C16H13Cl2N5O. The molecule has 0 fully saturated rings. The summed E-state index contributed by atoms with van der Waals surface area (Å²) in [6, 6.07) is 12.6. The fraction of sp³-hybridized carbons (Fsp3) is 0.0625. The molecule has 1 aromatic heterocycles. The molecule has 6 nitrogen and oxygen atoms in total. The lowest BCUT2D eigenvalue weighted by Crippen LogP contribution is -2.02. The van der Waals surface area contributed by atoms with E-state index in [0.717, 1.165) is 11.4 Å². The van der Waals surface area contributed by atoms with Gasteiger partial charge in [-0.05, 0) is 42.5 Å². The number of nitrogens with zero attached hydrogens (tertiary/aromatic N) is 3. The quantitative estimate of drug-likeness (QED) is 0.687. The first kappa shape index (κ1) is 16.3. The minimum absolute atomic E-state index is 0.326. The van der Waals surface area contributed by atoms with Crippen molar-refractivity contribution in [3.8, 4) is 5.75 Å². The molecule has 8 heteroatoms. The molecule has 0 aliphatic heterocycles. The van der Waals surface area contributed by atoms with Crippen LogP contribution in [-0.4, -0.2) is 22.3 Å². The van der Waals surface area contributed by atoms with Gasteiger partial charge in [0.25, 0.3) is 0 Å². The number of hydrogen-bond acceptors (Lipinski definition) is 6. The van der Waals surface area contributed by atoms with E-state index >= 15 is 0 Å². The average molecular weight is 362 g/mol. The van der Waals surface area contributed by atoms with Gasteiger partial charge in [-0.2, -0.15) is 10.1 Å². The molecule has 0 bridgehead atoms. The normalized spacial score (nSPS) is 10.3. The molecule has 0 amide bonds. The van der Waals surface area contributed by atoms with Gasteiger partial charge >= 0.3 is 0 Å². The lowest BCUT2D eigenvalue weighted by Gasteiger charge is -2.09. The molecule has 0 aliphatic rings. The number of aromatic nitrogens is 3. The first-order valence-corrected chi connectivity index (χ1v) is 7.72. The summed E-state index contributed by atoms with van der Waals surface area (Å²) in [5.74, 6) is 1.65. The molecule has 122 valence electrons. The molecule has 0 spiro atoms. The standard InChI is InChI=1S/C16H13Cl2N5O/c1-24-14-4-2-12(3-5-14)20-15-9-19-23-16(22-15)21-13-7-10(17)6-11(18)8-13/h2-9H,1H3,(H2,20,21,22,23). The number of ether oxygens (including phenoxy) is 1. The number of hydrogen-bond donors (Lipinski definition) is 2. The van der Waals surface area contributed by atoms with Gasteiger partial charge in [0, 0.05) is 21.4 Å². The summed E-state index contributed by atoms with van der Waals surface area (Å²) in [4.78, 5) is 4.35. The Morgan fingerprint density at radius 1 is 0.917 bits per heavy atom. The van der Waals surface area contributed by atoms with Gasteiger partial charge in [-0.1, -0.05) is 23.2 Å². The van der Waals surface area contributed by atoms with Crippen molar-refractivity contribution in [3.05, 3.63) is 58.7 Å². The van der Waals surface area contributed by atoms with Gasteiger partial charge in [-0.15, -0.1) is 5.10 Å². The van der Waals surface area contributed by atoms with Crippen molar-refractivity contribution in [2.75, 3.05) is 17.7 Å². The summed E-state index contributed by atoms with van der Waals surface area (Å²) in [5.41, 5.74) is 1.53. The van der Waals surface area contributed by atoms with E-state index < -0.39 is 0 Å². The van der Waals surface area contributed by atoms with Gasteiger partial charge in [0.1, 0.15) is 5.75 Å². The predicted octanol–water partition coefficient (Wildman–Crippen LogP) is 4.67. The molecule has 0 radical (unpaired) electrons. The maximum atomic E-state index is 5.98. The Labute approximate surface area is 148 Å². The van der Waals surface area contributed by atoms with E-state index in [4.69, 9.17) is 27.9 Å².